The van der Waals surface area contributed by atoms with E-state index in [0.29, 0.717) is 6.04 Å². The van der Waals surface area contributed by atoms with E-state index in [4.69, 9.17) is 4.74 Å². The van der Waals surface area contributed by atoms with Crippen molar-refractivity contribution < 1.29 is 4.74 Å². The zero-order chi connectivity index (χ0) is 14.8. The second kappa shape index (κ2) is 6.99. The Hall–Kier alpha value is -0.100. The molecule has 0 bridgehead atoms. The van der Waals surface area contributed by atoms with Crippen LogP contribution < -0.4 is 10.1 Å². The lowest BCUT2D eigenvalue weighted by atomic mass is 9.99. The molecular weight excluding hydrogens is 396 g/mol. The molecule has 0 aliphatic carbocycles. The predicted octanol–water partition coefficient (Wildman–Crippen LogP) is 3.94. The minimum atomic E-state index is 0.618. The fourth-order valence-electron chi connectivity index (χ4n) is 3.70. The maximum atomic E-state index is 5.53. The monoisotopic (exact) mass is 416 g/mol. The number of hydrogen-bond acceptors (Lipinski definition) is 3. The van der Waals surface area contributed by atoms with Crippen LogP contribution in [0.25, 0.3) is 0 Å². The van der Waals surface area contributed by atoms with Crippen LogP contribution in [0.5, 0.6) is 5.75 Å². The minimum Gasteiger partial charge on any atom is -0.495 e. The zero-order valence-electron chi connectivity index (χ0n) is 12.4. The summed E-state index contributed by atoms with van der Waals surface area (Å²) in [6.45, 7) is 3.40. The highest BCUT2D eigenvalue weighted by Gasteiger charge is 2.35. The molecule has 2 unspecified atom stereocenters. The number of ether oxygens (including phenoxy) is 1. The summed E-state index contributed by atoms with van der Waals surface area (Å²) in [7, 11) is 1.73. The Bertz CT molecular complexity index is 509. The van der Waals surface area contributed by atoms with Crippen molar-refractivity contribution in [3.8, 4) is 5.75 Å². The first-order valence-electron chi connectivity index (χ1n) is 7.68. The van der Waals surface area contributed by atoms with E-state index in [2.05, 4.69) is 48.1 Å². The van der Waals surface area contributed by atoms with Crippen LogP contribution in [0, 0.1) is 0 Å². The van der Waals surface area contributed by atoms with Crippen molar-refractivity contribution in [3.05, 3.63) is 26.6 Å². The molecule has 0 amide bonds. The maximum absolute atomic E-state index is 5.53. The number of methoxy groups -OCH3 is 1. The smallest absolute Gasteiger partial charge is 0.137 e. The normalized spacial score (nSPS) is 25.9. The molecule has 0 spiro atoms. The van der Waals surface area contributed by atoms with E-state index in [0.717, 1.165) is 27.3 Å². The van der Waals surface area contributed by atoms with Gasteiger partial charge in [-0.1, -0.05) is 22.4 Å². The molecular formula is C16H22Br2N2O. The van der Waals surface area contributed by atoms with E-state index in [1.807, 2.05) is 6.07 Å². The van der Waals surface area contributed by atoms with Gasteiger partial charge in [0.15, 0.2) is 0 Å². The first-order chi connectivity index (χ1) is 10.2. The number of fused-ring (bicyclic) bond motifs is 1. The van der Waals surface area contributed by atoms with Gasteiger partial charge in [-0.3, -0.25) is 4.90 Å². The molecule has 2 heterocycles. The SMILES string of the molecule is COc1c(Br)cc(Br)cc1CNC1CCN2CCCCC12. The summed E-state index contributed by atoms with van der Waals surface area (Å²) in [5.41, 5.74) is 1.20. The third-order valence-electron chi connectivity index (χ3n) is 4.70. The Balaban J connectivity index is 1.68. The third kappa shape index (κ3) is 3.46. The van der Waals surface area contributed by atoms with Crippen LogP contribution in [0.2, 0.25) is 0 Å². The van der Waals surface area contributed by atoms with Gasteiger partial charge in [0.2, 0.25) is 0 Å². The zero-order valence-corrected chi connectivity index (χ0v) is 15.5. The number of nitrogens with zero attached hydrogens (tertiary/aromatic N) is 1. The summed E-state index contributed by atoms with van der Waals surface area (Å²) in [6, 6.07) is 5.53. The number of rotatable bonds is 4. The van der Waals surface area contributed by atoms with Crippen molar-refractivity contribution >= 4 is 31.9 Å². The second-order valence-corrected chi connectivity index (χ2v) is 7.73. The molecule has 0 radical (unpaired) electrons. The Morgan fingerprint density at radius 3 is 2.90 bits per heavy atom. The Kier molecular flexibility index (Phi) is 5.25. The van der Waals surface area contributed by atoms with E-state index < -0.39 is 0 Å². The van der Waals surface area contributed by atoms with Gasteiger partial charge in [-0.2, -0.15) is 0 Å². The number of benzene rings is 1. The fraction of sp³-hybridized carbons (Fsp3) is 0.625. The van der Waals surface area contributed by atoms with Gasteiger partial charge in [-0.25, -0.2) is 0 Å². The first kappa shape index (κ1) is 15.8. The largest absolute Gasteiger partial charge is 0.495 e. The summed E-state index contributed by atoms with van der Waals surface area (Å²) >= 11 is 7.14. The van der Waals surface area contributed by atoms with Crippen LogP contribution in [0.3, 0.4) is 0 Å². The molecule has 2 aliphatic rings. The van der Waals surface area contributed by atoms with Crippen molar-refractivity contribution in [2.24, 2.45) is 0 Å². The average Bonchev–Trinajstić information content (AvgIpc) is 2.88. The van der Waals surface area contributed by atoms with E-state index in [1.165, 1.54) is 44.3 Å². The molecule has 2 fully saturated rings. The number of nitrogens with one attached hydrogen (secondary N) is 1. The summed E-state index contributed by atoms with van der Waals surface area (Å²) < 4.78 is 7.62. The van der Waals surface area contributed by atoms with Crippen molar-refractivity contribution in [1.82, 2.24) is 10.2 Å². The van der Waals surface area contributed by atoms with Crippen LogP contribution in [0.1, 0.15) is 31.2 Å². The van der Waals surface area contributed by atoms with E-state index in [-0.39, 0.29) is 0 Å². The van der Waals surface area contributed by atoms with Gasteiger partial charge in [0.25, 0.3) is 0 Å². The molecule has 2 aliphatic heterocycles. The molecule has 3 nitrogen and oxygen atoms in total. The molecule has 2 saturated heterocycles. The topological polar surface area (TPSA) is 24.5 Å². The molecule has 1 N–H and O–H groups in total. The lowest BCUT2D eigenvalue weighted by molar-refractivity contribution is 0.180. The lowest BCUT2D eigenvalue weighted by Crippen LogP contribution is -2.44. The summed E-state index contributed by atoms with van der Waals surface area (Å²) in [5, 5.41) is 3.76. The second-order valence-electron chi connectivity index (χ2n) is 5.96. The Morgan fingerprint density at radius 2 is 2.10 bits per heavy atom. The molecule has 21 heavy (non-hydrogen) atoms. The fourth-order valence-corrected chi connectivity index (χ4v) is 5.18. The van der Waals surface area contributed by atoms with Crippen LogP contribution in [-0.4, -0.2) is 37.2 Å². The highest BCUT2D eigenvalue weighted by atomic mass is 79.9. The van der Waals surface area contributed by atoms with Gasteiger partial charge in [-0.15, -0.1) is 0 Å². The average molecular weight is 418 g/mol. The van der Waals surface area contributed by atoms with Gasteiger partial charge in [0, 0.05) is 35.2 Å². The van der Waals surface area contributed by atoms with Crippen molar-refractivity contribution in [2.45, 2.75) is 44.3 Å². The number of halogens is 2. The van der Waals surface area contributed by atoms with E-state index >= 15 is 0 Å². The summed E-state index contributed by atoms with van der Waals surface area (Å²) in [5.74, 6) is 0.934. The van der Waals surface area contributed by atoms with Gasteiger partial charge >= 0.3 is 0 Å². The van der Waals surface area contributed by atoms with E-state index in [9.17, 15) is 0 Å². The lowest BCUT2D eigenvalue weighted by Gasteiger charge is -2.32. The molecule has 116 valence electrons. The van der Waals surface area contributed by atoms with Crippen molar-refractivity contribution in [1.29, 1.82) is 0 Å². The molecule has 1 aromatic carbocycles. The molecule has 1 aromatic rings. The van der Waals surface area contributed by atoms with Crippen LogP contribution in [0.4, 0.5) is 0 Å². The molecule has 2 atom stereocenters. The first-order valence-corrected chi connectivity index (χ1v) is 9.27. The molecule has 0 saturated carbocycles. The van der Waals surface area contributed by atoms with Crippen LogP contribution in [-0.2, 0) is 6.54 Å². The minimum absolute atomic E-state index is 0.618. The van der Waals surface area contributed by atoms with Crippen molar-refractivity contribution in [3.63, 3.8) is 0 Å². The summed E-state index contributed by atoms with van der Waals surface area (Å²) in [6.07, 6.45) is 5.36. The highest BCUT2D eigenvalue weighted by molar-refractivity contribution is 9.11. The quantitative estimate of drug-likeness (QED) is 0.802. The standard InChI is InChI=1S/C16H22Br2N2O/c1-21-16-11(8-12(17)9-13(16)18)10-19-14-5-7-20-6-3-2-4-15(14)20/h8-9,14-15,19H,2-7,10H2,1H3. The third-order valence-corrected chi connectivity index (χ3v) is 5.75. The Morgan fingerprint density at radius 1 is 1.24 bits per heavy atom. The number of hydrogen-bond donors (Lipinski definition) is 1. The Labute approximate surface area is 143 Å². The maximum Gasteiger partial charge on any atom is 0.137 e. The van der Waals surface area contributed by atoms with Gasteiger partial charge in [0.05, 0.1) is 11.6 Å². The van der Waals surface area contributed by atoms with Gasteiger partial charge in [-0.05, 0) is 53.9 Å². The van der Waals surface area contributed by atoms with E-state index in [1.54, 1.807) is 7.11 Å². The highest BCUT2D eigenvalue weighted by Crippen LogP contribution is 2.33. The van der Waals surface area contributed by atoms with Crippen molar-refractivity contribution in [2.75, 3.05) is 20.2 Å². The van der Waals surface area contributed by atoms with Crippen LogP contribution in [0.15, 0.2) is 21.1 Å². The predicted molar refractivity (Wildman–Crippen MR) is 92.9 cm³/mol. The van der Waals surface area contributed by atoms with Crippen LogP contribution >= 0.6 is 31.9 Å². The summed E-state index contributed by atoms with van der Waals surface area (Å²) in [4.78, 5) is 2.66. The molecule has 3 rings (SSSR count). The van der Waals surface area contributed by atoms with Gasteiger partial charge < -0.3 is 10.1 Å². The van der Waals surface area contributed by atoms with Gasteiger partial charge in [0.1, 0.15) is 5.75 Å². The molecule has 0 aromatic heterocycles. The molecule has 5 heteroatoms. The number of piperidine rings is 1.